The molecule has 0 saturated carbocycles. The lowest BCUT2D eigenvalue weighted by molar-refractivity contribution is -0.249. The molecule has 0 aliphatic carbocycles. The zero-order chi connectivity index (χ0) is 19.0. The number of carbonyl (C=O) groups excluding carboxylic acids is 2. The van der Waals surface area contributed by atoms with Gasteiger partial charge in [-0.25, -0.2) is 0 Å². The first-order valence-corrected chi connectivity index (χ1v) is 9.26. The maximum Gasteiger partial charge on any atom is 0.309 e. The van der Waals surface area contributed by atoms with E-state index in [1.165, 1.54) is 0 Å². The predicted octanol–water partition coefficient (Wildman–Crippen LogP) is 1.78. The van der Waals surface area contributed by atoms with Crippen molar-refractivity contribution in [3.05, 3.63) is 0 Å². The summed E-state index contributed by atoms with van der Waals surface area (Å²) >= 11 is 0. The second-order valence-corrected chi connectivity index (χ2v) is 6.49. The Bertz CT molecular complexity index is 418. The molecule has 1 rings (SSSR count). The largest absolute Gasteiger partial charge is 0.463 e. The molecule has 4 unspecified atom stereocenters. The van der Waals surface area contributed by atoms with E-state index in [9.17, 15) is 19.8 Å². The van der Waals surface area contributed by atoms with Gasteiger partial charge >= 0.3 is 11.9 Å². The number of hydrogen-bond donors (Lipinski definition) is 2. The van der Waals surface area contributed by atoms with Crippen molar-refractivity contribution in [3.63, 3.8) is 0 Å². The van der Waals surface area contributed by atoms with Gasteiger partial charge in [0.2, 0.25) is 0 Å². The van der Waals surface area contributed by atoms with E-state index in [1.807, 2.05) is 27.7 Å². The summed E-state index contributed by atoms with van der Waals surface area (Å²) in [7, 11) is 0. The number of carbonyl (C=O) groups is 2. The van der Waals surface area contributed by atoms with Gasteiger partial charge < -0.3 is 24.4 Å². The number of ether oxygens (including phenoxy) is 3. The molecule has 1 heterocycles. The summed E-state index contributed by atoms with van der Waals surface area (Å²) in [5.74, 6) is -1.19. The van der Waals surface area contributed by atoms with Gasteiger partial charge in [-0.2, -0.15) is 0 Å². The van der Waals surface area contributed by atoms with E-state index in [0.717, 1.165) is 0 Å². The fraction of sp³-hybridized carbons (Fsp3) is 0.889. The molecule has 25 heavy (non-hydrogen) atoms. The van der Waals surface area contributed by atoms with Gasteiger partial charge in [0, 0.05) is 6.42 Å². The number of esters is 2. The summed E-state index contributed by atoms with van der Waals surface area (Å²) in [6.07, 6.45) is -1.53. The predicted molar refractivity (Wildman–Crippen MR) is 90.5 cm³/mol. The SMILES string of the molecule is CCC(CC)C(=O)OCC1OC(O)CC(OC(=O)C(CC)CC)C1O. The molecule has 146 valence electrons. The summed E-state index contributed by atoms with van der Waals surface area (Å²) < 4.78 is 15.8. The van der Waals surface area contributed by atoms with Gasteiger partial charge in [0.15, 0.2) is 6.29 Å². The lowest BCUT2D eigenvalue weighted by Crippen LogP contribution is -2.52. The zero-order valence-electron chi connectivity index (χ0n) is 15.6. The molecular weight excluding hydrogens is 328 g/mol. The minimum atomic E-state index is -1.18. The van der Waals surface area contributed by atoms with Crippen molar-refractivity contribution in [1.82, 2.24) is 0 Å². The molecule has 1 aliphatic heterocycles. The van der Waals surface area contributed by atoms with Crippen molar-refractivity contribution in [1.29, 1.82) is 0 Å². The summed E-state index contributed by atoms with van der Waals surface area (Å²) in [6.45, 7) is 7.40. The van der Waals surface area contributed by atoms with Crippen LogP contribution >= 0.6 is 0 Å². The van der Waals surface area contributed by atoms with Gasteiger partial charge in [-0.1, -0.05) is 27.7 Å². The van der Waals surface area contributed by atoms with Gasteiger partial charge in [0.1, 0.15) is 24.9 Å². The van der Waals surface area contributed by atoms with E-state index in [0.29, 0.717) is 25.7 Å². The third kappa shape index (κ3) is 6.24. The Labute approximate surface area is 149 Å². The standard InChI is InChI=1S/C18H32O7/c1-5-11(6-2)17(21)23-10-14-16(20)13(9-15(19)24-14)25-18(22)12(7-3)8-4/h11-16,19-20H,5-10H2,1-4H3. The molecule has 0 radical (unpaired) electrons. The number of aliphatic hydroxyl groups is 2. The van der Waals surface area contributed by atoms with Crippen LogP contribution in [0.4, 0.5) is 0 Å². The highest BCUT2D eigenvalue weighted by molar-refractivity contribution is 5.72. The maximum absolute atomic E-state index is 12.1. The van der Waals surface area contributed by atoms with Crippen LogP contribution < -0.4 is 0 Å². The first-order valence-electron chi connectivity index (χ1n) is 9.26. The molecule has 0 aromatic carbocycles. The third-order valence-electron chi connectivity index (χ3n) is 4.82. The quantitative estimate of drug-likeness (QED) is 0.604. The molecule has 0 spiro atoms. The molecule has 4 atom stereocenters. The van der Waals surface area contributed by atoms with Crippen LogP contribution in [0.25, 0.3) is 0 Å². The maximum atomic E-state index is 12.1. The van der Waals surface area contributed by atoms with Crippen LogP contribution in [0.3, 0.4) is 0 Å². The Kier molecular flexibility index (Phi) is 9.38. The molecule has 1 saturated heterocycles. The molecule has 0 bridgehead atoms. The lowest BCUT2D eigenvalue weighted by Gasteiger charge is -2.37. The van der Waals surface area contributed by atoms with E-state index in [-0.39, 0.29) is 30.8 Å². The van der Waals surface area contributed by atoms with Crippen molar-refractivity contribution < 1.29 is 34.0 Å². The van der Waals surface area contributed by atoms with Crippen molar-refractivity contribution in [2.45, 2.75) is 84.4 Å². The normalized spacial score (nSPS) is 26.7. The highest BCUT2D eigenvalue weighted by Gasteiger charge is 2.40. The third-order valence-corrected chi connectivity index (χ3v) is 4.82. The van der Waals surface area contributed by atoms with E-state index >= 15 is 0 Å². The Morgan fingerprint density at radius 3 is 2.04 bits per heavy atom. The molecule has 0 aromatic rings. The van der Waals surface area contributed by atoms with Crippen molar-refractivity contribution in [2.24, 2.45) is 11.8 Å². The van der Waals surface area contributed by atoms with Gasteiger partial charge in [0.25, 0.3) is 0 Å². The topological polar surface area (TPSA) is 102 Å². The van der Waals surface area contributed by atoms with Gasteiger partial charge in [0.05, 0.1) is 11.8 Å². The second kappa shape index (κ2) is 10.7. The molecular formula is C18H32O7. The Hall–Kier alpha value is -1.18. The number of rotatable bonds is 9. The minimum absolute atomic E-state index is 0.00987. The molecule has 7 heteroatoms. The Balaban J connectivity index is 2.64. The summed E-state index contributed by atoms with van der Waals surface area (Å²) in [4.78, 5) is 24.1. The van der Waals surface area contributed by atoms with Gasteiger partial charge in [-0.05, 0) is 25.7 Å². The van der Waals surface area contributed by atoms with Crippen molar-refractivity contribution >= 4 is 11.9 Å². The highest BCUT2D eigenvalue weighted by Crippen LogP contribution is 2.24. The van der Waals surface area contributed by atoms with Gasteiger partial charge in [-0.3, -0.25) is 9.59 Å². The highest BCUT2D eigenvalue weighted by atomic mass is 16.6. The molecule has 1 aliphatic rings. The van der Waals surface area contributed by atoms with E-state index in [2.05, 4.69) is 0 Å². The Morgan fingerprint density at radius 2 is 1.52 bits per heavy atom. The average molecular weight is 360 g/mol. The Morgan fingerprint density at radius 1 is 1.00 bits per heavy atom. The molecule has 1 fully saturated rings. The number of aliphatic hydroxyl groups excluding tert-OH is 2. The summed E-state index contributed by atoms with van der Waals surface area (Å²) in [6, 6.07) is 0. The average Bonchev–Trinajstić information content (AvgIpc) is 2.58. The van der Waals surface area contributed by atoms with Crippen LogP contribution in [0.2, 0.25) is 0 Å². The van der Waals surface area contributed by atoms with Crippen LogP contribution in [0.5, 0.6) is 0 Å². The monoisotopic (exact) mass is 360 g/mol. The van der Waals surface area contributed by atoms with Crippen molar-refractivity contribution in [3.8, 4) is 0 Å². The first-order chi connectivity index (χ1) is 11.9. The van der Waals surface area contributed by atoms with Crippen LogP contribution in [0.15, 0.2) is 0 Å². The van der Waals surface area contributed by atoms with Crippen molar-refractivity contribution in [2.75, 3.05) is 6.61 Å². The second-order valence-electron chi connectivity index (χ2n) is 6.49. The van der Waals surface area contributed by atoms with Crippen LogP contribution in [0.1, 0.15) is 59.8 Å². The first kappa shape index (κ1) is 21.9. The zero-order valence-corrected chi connectivity index (χ0v) is 15.6. The minimum Gasteiger partial charge on any atom is -0.463 e. The van der Waals surface area contributed by atoms with Crippen LogP contribution in [0, 0.1) is 11.8 Å². The number of hydrogen-bond acceptors (Lipinski definition) is 7. The molecule has 2 N–H and O–H groups in total. The summed E-state index contributed by atoms with van der Waals surface area (Å²) in [5, 5.41) is 20.2. The fourth-order valence-electron chi connectivity index (χ4n) is 2.94. The van der Waals surface area contributed by atoms with Gasteiger partial charge in [-0.15, -0.1) is 0 Å². The van der Waals surface area contributed by atoms with Crippen LogP contribution in [-0.2, 0) is 23.8 Å². The summed E-state index contributed by atoms with van der Waals surface area (Å²) in [5.41, 5.74) is 0. The van der Waals surface area contributed by atoms with E-state index < -0.39 is 30.6 Å². The fourth-order valence-corrected chi connectivity index (χ4v) is 2.94. The van der Waals surface area contributed by atoms with E-state index in [1.54, 1.807) is 0 Å². The van der Waals surface area contributed by atoms with Crippen LogP contribution in [-0.4, -0.2) is 53.4 Å². The smallest absolute Gasteiger partial charge is 0.309 e. The van der Waals surface area contributed by atoms with E-state index in [4.69, 9.17) is 14.2 Å². The molecule has 7 nitrogen and oxygen atoms in total. The molecule has 0 amide bonds. The molecule has 0 aromatic heterocycles. The lowest BCUT2D eigenvalue weighted by atomic mass is 10.00.